The molecule has 13 heavy (non-hydrogen) atoms. The molecule has 0 bridgehead atoms. The highest BCUT2D eigenvalue weighted by Gasteiger charge is 2.04. The van der Waals surface area contributed by atoms with Gasteiger partial charge in [0.2, 0.25) is 0 Å². The first-order chi connectivity index (χ1) is 6.02. The third-order valence-corrected chi connectivity index (χ3v) is 1.48. The minimum absolute atomic E-state index is 0.0181. The van der Waals surface area contributed by atoms with Gasteiger partial charge in [-0.15, -0.1) is 0 Å². The number of Topliss-reactive ketones (excluding diaryl/α,β-unsaturated/α-hetero) is 1. The minimum Gasteiger partial charge on any atom is -0.464 e. The smallest absolute Gasteiger partial charge is 0.306 e. The molecule has 0 aliphatic heterocycles. The van der Waals surface area contributed by atoms with Crippen molar-refractivity contribution in [1.29, 1.82) is 0 Å². The van der Waals surface area contributed by atoms with Gasteiger partial charge in [0.15, 0.2) is 0 Å². The minimum atomic E-state index is -0.294. The highest BCUT2D eigenvalue weighted by atomic mass is 16.5. The van der Waals surface area contributed by atoms with Gasteiger partial charge in [-0.2, -0.15) is 0 Å². The molecular formula is C9H17NO3. The van der Waals surface area contributed by atoms with E-state index in [0.29, 0.717) is 13.2 Å². The summed E-state index contributed by atoms with van der Waals surface area (Å²) in [5, 5.41) is 0. The van der Waals surface area contributed by atoms with E-state index >= 15 is 0 Å². The van der Waals surface area contributed by atoms with Crippen molar-refractivity contribution >= 4 is 11.8 Å². The third-order valence-electron chi connectivity index (χ3n) is 1.48. The molecule has 0 unspecified atom stereocenters. The van der Waals surface area contributed by atoms with Crippen LogP contribution in [0.2, 0.25) is 0 Å². The Labute approximate surface area is 78.9 Å². The number of ether oxygens (including phenoxy) is 1. The average Bonchev–Trinajstić information content (AvgIpc) is 2.00. The van der Waals surface area contributed by atoms with Crippen molar-refractivity contribution in [3.8, 4) is 0 Å². The molecule has 0 saturated heterocycles. The van der Waals surface area contributed by atoms with Crippen LogP contribution >= 0.6 is 0 Å². The van der Waals surface area contributed by atoms with Crippen LogP contribution < -0.4 is 0 Å². The van der Waals surface area contributed by atoms with Crippen molar-refractivity contribution in [1.82, 2.24) is 4.90 Å². The molecule has 76 valence electrons. The van der Waals surface area contributed by atoms with Crippen LogP contribution in [0.5, 0.6) is 0 Å². The quantitative estimate of drug-likeness (QED) is 0.567. The SMILES string of the molecule is CC(=O)CCC(=O)OCCN(C)C. The van der Waals surface area contributed by atoms with E-state index in [0.717, 1.165) is 0 Å². The van der Waals surface area contributed by atoms with Gasteiger partial charge in [-0.05, 0) is 21.0 Å². The first-order valence-corrected chi connectivity index (χ1v) is 4.32. The van der Waals surface area contributed by atoms with Crippen molar-refractivity contribution in [2.24, 2.45) is 0 Å². The van der Waals surface area contributed by atoms with E-state index in [9.17, 15) is 9.59 Å². The predicted molar refractivity (Wildman–Crippen MR) is 49.4 cm³/mol. The molecule has 0 fully saturated rings. The van der Waals surface area contributed by atoms with E-state index in [4.69, 9.17) is 4.74 Å². The maximum atomic E-state index is 10.9. The number of carbonyl (C=O) groups is 2. The molecule has 0 atom stereocenters. The van der Waals surface area contributed by atoms with E-state index in [1.165, 1.54) is 6.92 Å². The van der Waals surface area contributed by atoms with Crippen LogP contribution in [0, 0.1) is 0 Å². The second-order valence-corrected chi connectivity index (χ2v) is 3.23. The van der Waals surface area contributed by atoms with Gasteiger partial charge in [0, 0.05) is 13.0 Å². The van der Waals surface area contributed by atoms with Crippen molar-refractivity contribution in [3.05, 3.63) is 0 Å². The van der Waals surface area contributed by atoms with Crippen molar-refractivity contribution in [3.63, 3.8) is 0 Å². The van der Waals surface area contributed by atoms with Gasteiger partial charge in [0.1, 0.15) is 12.4 Å². The first kappa shape index (κ1) is 12.1. The van der Waals surface area contributed by atoms with Gasteiger partial charge < -0.3 is 14.4 Å². The number of esters is 1. The van der Waals surface area contributed by atoms with Crippen molar-refractivity contribution < 1.29 is 14.3 Å². The number of rotatable bonds is 6. The number of ketones is 1. The fourth-order valence-corrected chi connectivity index (χ4v) is 0.692. The zero-order chi connectivity index (χ0) is 10.3. The largest absolute Gasteiger partial charge is 0.464 e. The monoisotopic (exact) mass is 187 g/mol. The standard InChI is InChI=1S/C9H17NO3/c1-8(11)4-5-9(12)13-7-6-10(2)3/h4-7H2,1-3H3. The lowest BCUT2D eigenvalue weighted by molar-refractivity contribution is -0.144. The van der Waals surface area contributed by atoms with Gasteiger partial charge >= 0.3 is 5.97 Å². The summed E-state index contributed by atoms with van der Waals surface area (Å²) in [5.74, 6) is -0.276. The van der Waals surface area contributed by atoms with E-state index in [1.807, 2.05) is 19.0 Å². The molecule has 0 aromatic rings. The third kappa shape index (κ3) is 9.01. The summed E-state index contributed by atoms with van der Waals surface area (Å²) < 4.78 is 4.87. The molecule has 4 nitrogen and oxygen atoms in total. The van der Waals surface area contributed by atoms with Crippen molar-refractivity contribution in [2.75, 3.05) is 27.2 Å². The predicted octanol–water partition coefficient (Wildman–Crippen LogP) is 0.460. The summed E-state index contributed by atoms with van der Waals surface area (Å²) in [7, 11) is 3.81. The van der Waals surface area contributed by atoms with E-state index in [1.54, 1.807) is 0 Å². The van der Waals surface area contributed by atoms with Crippen LogP contribution in [0.3, 0.4) is 0 Å². The molecule has 0 rings (SSSR count). The van der Waals surface area contributed by atoms with Gasteiger partial charge in [0.25, 0.3) is 0 Å². The highest BCUT2D eigenvalue weighted by Crippen LogP contribution is 1.93. The molecule has 0 spiro atoms. The molecule has 0 heterocycles. The summed E-state index contributed by atoms with van der Waals surface area (Å²) in [6.45, 7) is 2.57. The normalized spacial score (nSPS) is 10.2. The number of carbonyl (C=O) groups excluding carboxylic acids is 2. The zero-order valence-corrected chi connectivity index (χ0v) is 8.50. The molecule has 0 aliphatic rings. The molecule has 0 amide bonds. The second-order valence-electron chi connectivity index (χ2n) is 3.23. The zero-order valence-electron chi connectivity index (χ0n) is 8.50. The molecule has 0 N–H and O–H groups in total. The van der Waals surface area contributed by atoms with E-state index in [2.05, 4.69) is 0 Å². The fraction of sp³-hybridized carbons (Fsp3) is 0.778. The molecule has 0 aromatic carbocycles. The molecule has 4 heteroatoms. The second kappa shape index (κ2) is 6.60. The number of nitrogens with zero attached hydrogens (tertiary/aromatic N) is 1. The van der Waals surface area contributed by atoms with Crippen LogP contribution in [0.1, 0.15) is 19.8 Å². The van der Waals surface area contributed by atoms with Gasteiger partial charge in [-0.25, -0.2) is 0 Å². The molecule has 0 radical (unpaired) electrons. The average molecular weight is 187 g/mol. The summed E-state index contributed by atoms with van der Waals surface area (Å²) >= 11 is 0. The van der Waals surface area contributed by atoms with Crippen molar-refractivity contribution in [2.45, 2.75) is 19.8 Å². The van der Waals surface area contributed by atoms with Crippen LogP contribution in [0.25, 0.3) is 0 Å². The Bertz CT molecular complexity index is 178. The lowest BCUT2D eigenvalue weighted by Gasteiger charge is -2.09. The Morgan fingerprint density at radius 3 is 2.31 bits per heavy atom. The van der Waals surface area contributed by atoms with Crippen LogP contribution in [0.4, 0.5) is 0 Å². The Morgan fingerprint density at radius 2 is 1.85 bits per heavy atom. The van der Waals surface area contributed by atoms with E-state index in [-0.39, 0.29) is 24.6 Å². The maximum absolute atomic E-state index is 10.9. The van der Waals surface area contributed by atoms with Gasteiger partial charge in [-0.3, -0.25) is 4.79 Å². The lowest BCUT2D eigenvalue weighted by atomic mass is 10.2. The highest BCUT2D eigenvalue weighted by molar-refractivity contribution is 5.80. The summed E-state index contributed by atoms with van der Waals surface area (Å²) in [5.41, 5.74) is 0. The Balaban J connectivity index is 3.36. The topological polar surface area (TPSA) is 46.6 Å². The van der Waals surface area contributed by atoms with Gasteiger partial charge in [-0.1, -0.05) is 0 Å². The molecular weight excluding hydrogens is 170 g/mol. The molecule has 0 aliphatic carbocycles. The Hall–Kier alpha value is -0.900. The first-order valence-electron chi connectivity index (χ1n) is 4.32. The molecule has 0 saturated carbocycles. The van der Waals surface area contributed by atoms with Crippen LogP contribution in [-0.2, 0) is 14.3 Å². The van der Waals surface area contributed by atoms with E-state index < -0.39 is 0 Å². The summed E-state index contributed by atoms with van der Waals surface area (Å²) in [4.78, 5) is 23.4. The number of hydrogen-bond donors (Lipinski definition) is 0. The summed E-state index contributed by atoms with van der Waals surface area (Å²) in [6, 6.07) is 0. The number of likely N-dealkylation sites (N-methyl/N-ethyl adjacent to an activating group) is 1. The van der Waals surface area contributed by atoms with Gasteiger partial charge in [0.05, 0.1) is 6.42 Å². The maximum Gasteiger partial charge on any atom is 0.306 e. The lowest BCUT2D eigenvalue weighted by Crippen LogP contribution is -2.20. The van der Waals surface area contributed by atoms with Crippen LogP contribution in [-0.4, -0.2) is 43.9 Å². The number of hydrogen-bond acceptors (Lipinski definition) is 4. The Kier molecular flexibility index (Phi) is 6.14. The fourth-order valence-electron chi connectivity index (χ4n) is 0.692. The molecule has 0 aromatic heterocycles. The Morgan fingerprint density at radius 1 is 1.23 bits per heavy atom. The van der Waals surface area contributed by atoms with Crippen LogP contribution in [0.15, 0.2) is 0 Å². The summed E-state index contributed by atoms with van der Waals surface area (Å²) in [6.07, 6.45) is 0.476.